The van der Waals surface area contributed by atoms with Crippen LogP contribution >= 0.6 is 0 Å². The van der Waals surface area contributed by atoms with E-state index in [2.05, 4.69) is 98.7 Å². The molecule has 0 saturated carbocycles. The van der Waals surface area contributed by atoms with E-state index in [0.717, 1.165) is 81.8 Å². The monoisotopic (exact) mass is 2910 g/mol. The number of carboxylic acids is 1. The van der Waals surface area contributed by atoms with E-state index in [1.165, 1.54) is 39.4 Å². The van der Waals surface area contributed by atoms with Crippen molar-refractivity contribution in [1.29, 1.82) is 0 Å². The summed E-state index contributed by atoms with van der Waals surface area (Å²) in [7, 11) is 1.42. The number of carbonyl (C=O) groups is 2. The molecule has 11 heterocycles. The van der Waals surface area contributed by atoms with Crippen molar-refractivity contribution in [3.63, 3.8) is 0 Å². The normalized spacial score (nSPS) is 11.4. The van der Waals surface area contributed by atoms with Gasteiger partial charge < -0.3 is 33.0 Å². The second kappa shape index (κ2) is 51.7. The summed E-state index contributed by atoms with van der Waals surface area (Å²) in [6.07, 6.45) is 9.12. The Kier molecular flexibility index (Phi) is 40.8. The van der Waals surface area contributed by atoms with Crippen molar-refractivity contribution < 1.29 is 169 Å². The molecule has 0 radical (unpaired) electrons. The molecule has 0 fully saturated rings. The molecule has 0 saturated heterocycles. The molecule has 0 aliphatic carbocycles. The van der Waals surface area contributed by atoms with Crippen LogP contribution in [0.15, 0.2) is 309 Å². The molecule has 8 aromatic carbocycles. The minimum atomic E-state index is -1.25. The summed E-state index contributed by atoms with van der Waals surface area (Å²) in [5.41, 5.74) is 8.40. The van der Waals surface area contributed by atoms with E-state index in [0.29, 0.717) is 75.3 Å². The third-order valence-corrected chi connectivity index (χ3v) is 24.3. The van der Waals surface area contributed by atoms with Gasteiger partial charge in [0.25, 0.3) is 0 Å². The quantitative estimate of drug-likeness (QED) is 0.0522. The first-order chi connectivity index (χ1) is 68.5. The zero-order chi connectivity index (χ0) is 102. The standard InChI is InChI=1S/C26H18F2N2.C25H19F2N2O.C25H19F2N2S.C21H18F2N3O.C20H15F2N2O2.5Pt/c27-23-16-24(28)22-15-21(23)25-8-2-6-19(29-25)12-10-17-4-1-5-18(14-17)11-13-20-7-3-9-26(22)30-20;2*1-25(2,18-8-3-4-11-23(18)30)24-12-7-10-22(29-24)17-14-16(19(26)15-20(17)27)21-9-5-6-13-28-21;1-21(2,20(27)24-3)19-9-6-8-18(26-19)14-11-13(15(22)12-16(14)23)17-7-4-5-10-25-17;1-20(2,19(25)26)18-8-5-7-17(24-18)13-10-12(14(21)11-15(13)22)16-6-3-4-9-23-16;;;;;/h1-9,16H,10-13H2;2*3-13,15,30H,1-2H3;4-10,12H,1-3H3,(H,24,27);3-9,11H,1-2H3,(H,25,26);;;;;/q-2;4*-1;;;3*+2/p-2. The second-order valence-corrected chi connectivity index (χ2v) is 35.6. The number of carbonyl (C=O) groups excluding carboxylic acids is 1. The molecule has 148 heavy (non-hydrogen) atoms. The number of pyridine rings is 10. The predicted molar refractivity (Wildman–Crippen MR) is 531 cm³/mol. The molecular weight excluding hydrogens is 2820 g/mol. The smallest absolute Gasteiger partial charge is 0.779 e. The summed E-state index contributed by atoms with van der Waals surface area (Å²) < 4.78 is 145. The molecule has 31 heteroatoms. The number of phenols is 1. The summed E-state index contributed by atoms with van der Waals surface area (Å²) in [6, 6.07) is 93.9. The van der Waals surface area contributed by atoms with Crippen molar-refractivity contribution in [3.05, 3.63) is 460 Å². The topological polar surface area (TPSA) is 218 Å². The number of aromatic nitrogens is 10. The van der Waals surface area contributed by atoms with Crippen molar-refractivity contribution in [2.75, 3.05) is 7.05 Å². The summed E-state index contributed by atoms with van der Waals surface area (Å²) in [5, 5.41) is 23.4. The van der Waals surface area contributed by atoms with Crippen molar-refractivity contribution >= 4 is 24.5 Å². The van der Waals surface area contributed by atoms with Gasteiger partial charge in [-0.05, 0) is 120 Å². The summed E-state index contributed by atoms with van der Waals surface area (Å²) in [6.45, 7) is 14.3. The first-order valence-electron chi connectivity index (χ1n) is 45.0. The van der Waals surface area contributed by atoms with E-state index in [1.807, 2.05) is 113 Å². The molecule has 762 valence electrons. The predicted octanol–water partition coefficient (Wildman–Crippen LogP) is 26.5. The van der Waals surface area contributed by atoms with Crippen LogP contribution in [0.5, 0.6) is 5.75 Å². The Bertz CT molecular complexity index is 7450. The Labute approximate surface area is 928 Å². The molecule has 2 N–H and O–H groups in total. The molecule has 0 spiro atoms. The van der Waals surface area contributed by atoms with E-state index in [9.17, 15) is 63.7 Å². The Balaban J connectivity index is 0.000000188. The molecule has 10 aromatic heterocycles. The second-order valence-electron chi connectivity index (χ2n) is 35.1. The van der Waals surface area contributed by atoms with Gasteiger partial charge in [0.2, 0.25) is 0 Å². The van der Waals surface area contributed by atoms with Crippen molar-refractivity contribution in [2.45, 2.75) is 108 Å². The van der Waals surface area contributed by atoms with Crippen LogP contribution in [-0.2, 0) is 175 Å². The van der Waals surface area contributed by atoms with Gasteiger partial charge in [-0.2, -0.15) is 40.3 Å². The number of aliphatic carboxylic acids is 1. The molecule has 19 rings (SSSR count). The zero-order valence-corrected chi connectivity index (χ0v) is 92.3. The Morgan fingerprint density at radius 3 is 0.845 bits per heavy atom. The van der Waals surface area contributed by atoms with E-state index in [-0.39, 0.29) is 190 Å². The van der Waals surface area contributed by atoms with E-state index in [1.54, 1.807) is 172 Å². The Morgan fingerprint density at radius 2 is 0.547 bits per heavy atom. The molecule has 0 atom stereocenters. The number of amides is 1. The molecule has 1 amide bonds. The number of rotatable bonds is 16. The first-order valence-corrected chi connectivity index (χ1v) is 45.5. The van der Waals surface area contributed by atoms with Gasteiger partial charge in [-0.15, -0.1) is 37.4 Å². The number of phenolic OH excluding ortho intramolecular Hbond substituents is 1. The number of hydrogen-bond donors (Lipinski definition) is 2. The van der Waals surface area contributed by atoms with Gasteiger partial charge in [0.15, 0.2) is 0 Å². The number of para-hydroxylation sites is 1. The molecule has 1 aliphatic heterocycles. The average molecular weight is 2910 g/mol. The summed E-state index contributed by atoms with van der Waals surface area (Å²) in [4.78, 5) is 67.9. The minimum Gasteiger partial charge on any atom is -0.779 e. The van der Waals surface area contributed by atoms with Crippen LogP contribution in [0.25, 0.3) is 118 Å². The van der Waals surface area contributed by atoms with E-state index in [4.69, 9.17) is 17.6 Å². The maximum absolute atomic E-state index is 14.7. The third kappa shape index (κ3) is 27.3. The van der Waals surface area contributed by atoms with E-state index >= 15 is 0 Å². The van der Waals surface area contributed by atoms with Gasteiger partial charge in [0.05, 0.1) is 64.1 Å². The van der Waals surface area contributed by atoms with Crippen LogP contribution in [0.3, 0.4) is 0 Å². The minimum absolute atomic E-state index is 0. The number of aryl methyl sites for hydroxylation is 4. The molecular formula is C117H87F10N11O4Pt5S-2. The average Bonchev–Trinajstić information content (AvgIpc) is 0.772. The van der Waals surface area contributed by atoms with Crippen LogP contribution in [0, 0.1) is 94.6 Å². The van der Waals surface area contributed by atoms with Gasteiger partial charge in [-0.3, -0.25) is 98.5 Å². The molecule has 18 aromatic rings. The van der Waals surface area contributed by atoms with Crippen LogP contribution < -0.4 is 0 Å². The van der Waals surface area contributed by atoms with Gasteiger partial charge in [-0.1, -0.05) is 283 Å². The molecule has 8 bridgehead atoms. The number of nitrogens with zero attached hydrogens (tertiary/aromatic N) is 11. The van der Waals surface area contributed by atoms with Crippen molar-refractivity contribution in [3.8, 4) is 118 Å². The molecule has 0 unspecified atom stereocenters. The zero-order valence-electron chi connectivity index (χ0n) is 80.1. The third-order valence-electron chi connectivity index (χ3n) is 23.9. The molecule has 1 aliphatic rings. The number of aromatic hydroxyl groups is 1. The largest absolute Gasteiger partial charge is 2.00 e. The molecule has 15 nitrogen and oxygen atoms in total. The number of hydrogen-bond acceptors (Lipinski definition) is 14. The fourth-order valence-corrected chi connectivity index (χ4v) is 16.2. The van der Waals surface area contributed by atoms with Crippen LogP contribution in [-0.4, -0.2) is 79.0 Å². The van der Waals surface area contributed by atoms with Crippen molar-refractivity contribution in [2.24, 2.45) is 0 Å². The SMILES string of the molecule is CC(C)(C(=O)O)c1cccc(-c2[c-]c(-c3ccccn3)c(F)cc2F)n1.CC(C)(c1cccc(-c2[c-]c(-c3ccccn3)c(F)cc2F)n1)c1ccccc1O.CC(C)(c1cccc(-c2[c-]c(-c3ccccn3)c(F)cc2F)n1)c1ccccc1[S-].C[N-]C(=O)C(C)(C)c1cccc(-c2[c-]c(-c3ccccn3)c(F)cc2F)n1.Fc1cc(F)c2[c-]c1-c1cccc(n1)CCc1[c-]c(ccc1)CCc1cccc-2n1.[Pt+2].[Pt+2].[Pt+2].[Pt].[Pt]. The number of halogens is 10. The number of benzene rings is 8. The fraction of sp³-hybridized carbons (Fsp3) is 0.145. The Hall–Kier alpha value is -13.0. The maximum Gasteiger partial charge on any atom is 2.00 e. The number of likely N-dealkylation sites (N-methyl/N-ethyl adjacent to an activating group) is 1. The van der Waals surface area contributed by atoms with Gasteiger partial charge in [-0.25, -0.2) is 0 Å². The number of carboxylic acid groups (broad SMARTS) is 1. The van der Waals surface area contributed by atoms with Crippen molar-refractivity contribution in [1.82, 2.24) is 49.8 Å². The van der Waals surface area contributed by atoms with E-state index < -0.39 is 85.8 Å². The maximum atomic E-state index is 14.7. The first kappa shape index (κ1) is 117. The summed E-state index contributed by atoms with van der Waals surface area (Å²) >= 11 is 5.49. The summed E-state index contributed by atoms with van der Waals surface area (Å²) in [5.74, 6) is -8.70. The van der Waals surface area contributed by atoms with Gasteiger partial charge >= 0.3 is 69.2 Å². The van der Waals surface area contributed by atoms with Crippen LogP contribution in [0.1, 0.15) is 112 Å². The number of fused-ring (bicyclic) bond motifs is 10. The van der Waals surface area contributed by atoms with Crippen LogP contribution in [0.4, 0.5) is 43.9 Å². The fourth-order valence-electron chi connectivity index (χ4n) is 15.8. The van der Waals surface area contributed by atoms with Gasteiger partial charge in [0, 0.05) is 180 Å². The van der Waals surface area contributed by atoms with Crippen LogP contribution in [0.2, 0.25) is 0 Å². The Morgan fingerprint density at radius 1 is 0.297 bits per heavy atom. The van der Waals surface area contributed by atoms with Gasteiger partial charge in [0.1, 0.15) is 11.2 Å².